The molecule has 1 atom stereocenters. The average molecular weight is 150 g/mol. The summed E-state index contributed by atoms with van der Waals surface area (Å²) in [7, 11) is 0. The third-order valence-electron chi connectivity index (χ3n) is 2.25. The molecule has 0 amide bonds. The van der Waals surface area contributed by atoms with Crippen LogP contribution in [0.25, 0.3) is 0 Å². The van der Waals surface area contributed by atoms with Crippen molar-refractivity contribution in [3.63, 3.8) is 0 Å². The number of aromatic amines is 1. The molecule has 2 rings (SSSR count). The van der Waals surface area contributed by atoms with E-state index in [-0.39, 0.29) is 5.92 Å². The summed E-state index contributed by atoms with van der Waals surface area (Å²) < 4.78 is 0. The predicted molar refractivity (Wildman–Crippen MR) is 40.3 cm³/mol. The van der Waals surface area contributed by atoms with Gasteiger partial charge in [0.25, 0.3) is 0 Å². The minimum absolute atomic E-state index is 0.0706. The zero-order valence-corrected chi connectivity index (χ0v) is 6.21. The van der Waals surface area contributed by atoms with E-state index in [1.54, 1.807) is 0 Å². The Morgan fingerprint density at radius 2 is 2.64 bits per heavy atom. The van der Waals surface area contributed by atoms with Gasteiger partial charge in [-0.25, -0.2) is 0 Å². The van der Waals surface area contributed by atoms with Crippen molar-refractivity contribution in [3.05, 3.63) is 17.5 Å². The second-order valence-corrected chi connectivity index (χ2v) is 2.94. The third-order valence-corrected chi connectivity index (χ3v) is 2.25. The molecule has 0 bridgehead atoms. The summed E-state index contributed by atoms with van der Waals surface area (Å²) in [5.74, 6) is 0.0706. The van der Waals surface area contributed by atoms with Crippen LogP contribution in [0.15, 0.2) is 6.20 Å². The third kappa shape index (κ3) is 0.964. The van der Waals surface area contributed by atoms with Crippen molar-refractivity contribution in [2.45, 2.75) is 25.2 Å². The Hall–Kier alpha value is -1.12. The van der Waals surface area contributed by atoms with E-state index >= 15 is 0 Å². The van der Waals surface area contributed by atoms with E-state index in [2.05, 4.69) is 10.2 Å². The molecule has 0 aromatic carbocycles. The minimum Gasteiger partial charge on any atom is -0.303 e. The van der Waals surface area contributed by atoms with Gasteiger partial charge in [-0.05, 0) is 24.8 Å². The molecule has 3 heteroatoms. The van der Waals surface area contributed by atoms with E-state index in [0.717, 1.165) is 31.2 Å². The molecule has 0 saturated heterocycles. The van der Waals surface area contributed by atoms with E-state index in [9.17, 15) is 4.79 Å². The molecular formula is C8H10N2O. The summed E-state index contributed by atoms with van der Waals surface area (Å²) in [5.41, 5.74) is 2.25. The normalized spacial score (nSPS) is 22.7. The van der Waals surface area contributed by atoms with Crippen LogP contribution in [0.1, 0.15) is 30.0 Å². The summed E-state index contributed by atoms with van der Waals surface area (Å²) in [5, 5.41) is 6.80. The lowest BCUT2D eigenvalue weighted by atomic mass is 9.89. The maximum absolute atomic E-state index is 10.6. The van der Waals surface area contributed by atoms with Gasteiger partial charge in [-0.3, -0.25) is 5.10 Å². The van der Waals surface area contributed by atoms with Gasteiger partial charge in [-0.2, -0.15) is 5.10 Å². The van der Waals surface area contributed by atoms with E-state index in [1.807, 2.05) is 6.20 Å². The number of H-pyrrole nitrogens is 1. The van der Waals surface area contributed by atoms with E-state index in [4.69, 9.17) is 0 Å². The van der Waals surface area contributed by atoms with Gasteiger partial charge in [-0.1, -0.05) is 0 Å². The molecule has 1 aliphatic rings. The van der Waals surface area contributed by atoms with Crippen LogP contribution in [0.3, 0.4) is 0 Å². The number of nitrogens with one attached hydrogen (secondary N) is 1. The molecule has 1 aliphatic carbocycles. The quantitative estimate of drug-likeness (QED) is 0.608. The van der Waals surface area contributed by atoms with Gasteiger partial charge in [0.05, 0.1) is 12.1 Å². The average Bonchev–Trinajstić information content (AvgIpc) is 2.50. The van der Waals surface area contributed by atoms with Gasteiger partial charge >= 0.3 is 0 Å². The highest BCUT2D eigenvalue weighted by molar-refractivity contribution is 5.62. The molecule has 0 fully saturated rings. The molecule has 1 heterocycles. The van der Waals surface area contributed by atoms with Crippen LogP contribution < -0.4 is 0 Å². The highest BCUT2D eigenvalue weighted by atomic mass is 16.1. The first-order valence-electron chi connectivity index (χ1n) is 3.89. The van der Waals surface area contributed by atoms with Gasteiger partial charge in [0.1, 0.15) is 6.29 Å². The number of fused-ring (bicyclic) bond motifs is 1. The van der Waals surface area contributed by atoms with Gasteiger partial charge in [0.2, 0.25) is 0 Å². The molecule has 0 radical (unpaired) electrons. The molecular weight excluding hydrogens is 140 g/mol. The van der Waals surface area contributed by atoms with Crippen molar-refractivity contribution in [2.24, 2.45) is 0 Å². The van der Waals surface area contributed by atoms with Crippen molar-refractivity contribution in [2.75, 3.05) is 0 Å². The van der Waals surface area contributed by atoms with Crippen LogP contribution in [0, 0.1) is 0 Å². The first-order chi connectivity index (χ1) is 5.42. The molecule has 1 unspecified atom stereocenters. The number of nitrogens with zero attached hydrogens (tertiary/aromatic N) is 1. The second kappa shape index (κ2) is 2.49. The maximum atomic E-state index is 10.6. The molecule has 1 aromatic heterocycles. The number of carbonyl (C=O) groups excluding carboxylic acids is 1. The van der Waals surface area contributed by atoms with Crippen LogP contribution in [-0.4, -0.2) is 16.5 Å². The summed E-state index contributed by atoms with van der Waals surface area (Å²) in [6, 6.07) is 0. The zero-order valence-electron chi connectivity index (χ0n) is 6.21. The summed E-state index contributed by atoms with van der Waals surface area (Å²) in [6.07, 6.45) is 5.98. The smallest absolute Gasteiger partial charge is 0.129 e. The lowest BCUT2D eigenvalue weighted by Crippen LogP contribution is -2.09. The van der Waals surface area contributed by atoms with Gasteiger partial charge in [-0.15, -0.1) is 0 Å². The van der Waals surface area contributed by atoms with Crippen molar-refractivity contribution < 1.29 is 4.79 Å². The molecule has 3 nitrogen and oxygen atoms in total. The first kappa shape index (κ1) is 6.58. The summed E-state index contributed by atoms with van der Waals surface area (Å²) in [6.45, 7) is 0. The van der Waals surface area contributed by atoms with Crippen LogP contribution in [-0.2, 0) is 11.2 Å². The Labute approximate surface area is 64.8 Å². The number of rotatable bonds is 1. The molecule has 0 spiro atoms. The SMILES string of the molecule is O=CC1CCCc2cn[nH]c21. The number of hydrogen-bond donors (Lipinski definition) is 1. The summed E-state index contributed by atoms with van der Waals surface area (Å²) in [4.78, 5) is 10.6. The van der Waals surface area contributed by atoms with E-state index < -0.39 is 0 Å². The highest BCUT2D eigenvalue weighted by Gasteiger charge is 2.20. The van der Waals surface area contributed by atoms with Gasteiger partial charge in [0.15, 0.2) is 0 Å². The summed E-state index contributed by atoms with van der Waals surface area (Å²) >= 11 is 0. The van der Waals surface area contributed by atoms with E-state index in [1.165, 1.54) is 5.56 Å². The largest absolute Gasteiger partial charge is 0.303 e. The number of aryl methyl sites for hydroxylation is 1. The number of aldehydes is 1. The van der Waals surface area contributed by atoms with Crippen molar-refractivity contribution in [1.29, 1.82) is 0 Å². The maximum Gasteiger partial charge on any atom is 0.129 e. The molecule has 0 saturated carbocycles. The Balaban J connectivity index is 2.39. The molecule has 1 aromatic rings. The molecule has 58 valence electrons. The molecule has 0 aliphatic heterocycles. The Morgan fingerprint density at radius 1 is 1.73 bits per heavy atom. The fourth-order valence-electron chi connectivity index (χ4n) is 1.63. The van der Waals surface area contributed by atoms with Crippen LogP contribution in [0.2, 0.25) is 0 Å². The Morgan fingerprint density at radius 3 is 3.45 bits per heavy atom. The van der Waals surface area contributed by atoms with Crippen LogP contribution >= 0.6 is 0 Å². The van der Waals surface area contributed by atoms with Gasteiger partial charge < -0.3 is 4.79 Å². The standard InChI is InChI=1S/C8H10N2O/c11-5-7-3-1-2-6-4-9-10-8(6)7/h4-5,7H,1-3H2,(H,9,10). The molecule has 11 heavy (non-hydrogen) atoms. The molecule has 1 N–H and O–H groups in total. The fraction of sp³-hybridized carbons (Fsp3) is 0.500. The Kier molecular flexibility index (Phi) is 1.49. The second-order valence-electron chi connectivity index (χ2n) is 2.94. The number of hydrogen-bond acceptors (Lipinski definition) is 2. The highest BCUT2D eigenvalue weighted by Crippen LogP contribution is 2.27. The topological polar surface area (TPSA) is 45.8 Å². The lowest BCUT2D eigenvalue weighted by Gasteiger charge is -2.15. The first-order valence-corrected chi connectivity index (χ1v) is 3.89. The fourth-order valence-corrected chi connectivity index (χ4v) is 1.63. The van der Waals surface area contributed by atoms with Crippen LogP contribution in [0.5, 0.6) is 0 Å². The zero-order chi connectivity index (χ0) is 7.68. The van der Waals surface area contributed by atoms with Gasteiger partial charge in [0, 0.05) is 5.69 Å². The number of carbonyl (C=O) groups is 1. The van der Waals surface area contributed by atoms with Crippen molar-refractivity contribution in [3.8, 4) is 0 Å². The number of aromatic nitrogens is 2. The van der Waals surface area contributed by atoms with Crippen molar-refractivity contribution >= 4 is 6.29 Å². The minimum atomic E-state index is 0.0706. The monoisotopic (exact) mass is 150 g/mol. The predicted octanol–water partition coefficient (Wildman–Crippen LogP) is 1.03. The lowest BCUT2D eigenvalue weighted by molar-refractivity contribution is -0.109. The van der Waals surface area contributed by atoms with Crippen LogP contribution in [0.4, 0.5) is 0 Å². The Bertz CT molecular complexity index is 267. The van der Waals surface area contributed by atoms with Crippen molar-refractivity contribution in [1.82, 2.24) is 10.2 Å². The van der Waals surface area contributed by atoms with E-state index in [0.29, 0.717) is 0 Å².